The summed E-state index contributed by atoms with van der Waals surface area (Å²) in [5.41, 5.74) is 1.71. The first kappa shape index (κ1) is 19.1. The van der Waals surface area contributed by atoms with Gasteiger partial charge in [0.1, 0.15) is 4.83 Å². The van der Waals surface area contributed by atoms with Crippen LogP contribution >= 0.6 is 11.3 Å². The number of fused-ring (bicyclic) bond motifs is 1. The van der Waals surface area contributed by atoms with E-state index in [0.29, 0.717) is 17.0 Å². The maximum Gasteiger partial charge on any atom is 0.308 e. The minimum atomic E-state index is -0.435. The molecule has 7 nitrogen and oxygen atoms in total. The van der Waals surface area contributed by atoms with Gasteiger partial charge in [-0.05, 0) is 19.4 Å². The molecule has 0 amide bonds. The van der Waals surface area contributed by atoms with Gasteiger partial charge in [-0.1, -0.05) is 30.3 Å². The Balaban J connectivity index is 1.36. The summed E-state index contributed by atoms with van der Waals surface area (Å²) in [6.45, 7) is 4.03. The van der Waals surface area contributed by atoms with Crippen LogP contribution in [0.3, 0.4) is 0 Å². The van der Waals surface area contributed by atoms with Gasteiger partial charge in [0.05, 0.1) is 24.3 Å². The average Bonchev–Trinajstić information content (AvgIpc) is 3.32. The molecule has 8 heteroatoms. The molecular weight excluding hydrogens is 390 g/mol. The van der Waals surface area contributed by atoms with Gasteiger partial charge < -0.3 is 9.15 Å². The summed E-state index contributed by atoms with van der Waals surface area (Å²) in [5, 5.41) is 0.622. The molecule has 0 aliphatic rings. The zero-order valence-electron chi connectivity index (χ0n) is 16.0. The Kier molecular flexibility index (Phi) is 5.26. The third-order valence-electron chi connectivity index (χ3n) is 4.68. The molecule has 0 aliphatic carbocycles. The number of esters is 1. The van der Waals surface area contributed by atoms with Crippen molar-refractivity contribution >= 4 is 27.5 Å². The molecule has 0 saturated heterocycles. The molecule has 0 radical (unpaired) electrons. The van der Waals surface area contributed by atoms with E-state index < -0.39 is 5.97 Å². The molecule has 0 saturated carbocycles. The summed E-state index contributed by atoms with van der Waals surface area (Å²) in [5.74, 6) is 0.500. The molecule has 0 aliphatic heterocycles. The number of thiophene rings is 1. The minimum absolute atomic E-state index is 0.0549. The van der Waals surface area contributed by atoms with Gasteiger partial charge in [0.25, 0.3) is 5.56 Å². The number of rotatable bonds is 6. The van der Waals surface area contributed by atoms with Gasteiger partial charge in [-0.2, -0.15) is 0 Å². The summed E-state index contributed by atoms with van der Waals surface area (Å²) in [7, 11) is 0. The van der Waals surface area contributed by atoms with Gasteiger partial charge in [-0.3, -0.25) is 14.2 Å². The molecule has 0 fully saturated rings. The van der Waals surface area contributed by atoms with Crippen LogP contribution in [0.15, 0.2) is 52.1 Å². The lowest BCUT2D eigenvalue weighted by Crippen LogP contribution is -2.22. The number of nitrogens with zero attached hydrogens (tertiary/aromatic N) is 3. The molecule has 4 aromatic rings. The predicted octanol–water partition coefficient (Wildman–Crippen LogP) is 3.86. The monoisotopic (exact) mass is 409 g/mol. The van der Waals surface area contributed by atoms with Crippen molar-refractivity contribution in [2.45, 2.75) is 33.4 Å². The highest BCUT2D eigenvalue weighted by molar-refractivity contribution is 7.18. The quantitative estimate of drug-likeness (QED) is 0.449. The number of carbonyl (C=O) groups is 1. The van der Waals surface area contributed by atoms with Crippen LogP contribution in [0.4, 0.5) is 0 Å². The second-order valence-corrected chi connectivity index (χ2v) is 7.80. The summed E-state index contributed by atoms with van der Waals surface area (Å²) >= 11 is 1.50. The Morgan fingerprint density at radius 2 is 2.00 bits per heavy atom. The van der Waals surface area contributed by atoms with E-state index in [4.69, 9.17) is 9.15 Å². The van der Waals surface area contributed by atoms with Crippen molar-refractivity contribution in [1.82, 2.24) is 14.5 Å². The Labute approximate surface area is 170 Å². The van der Waals surface area contributed by atoms with Crippen molar-refractivity contribution in [2.75, 3.05) is 0 Å². The van der Waals surface area contributed by atoms with Gasteiger partial charge in [-0.15, -0.1) is 11.3 Å². The highest BCUT2D eigenvalue weighted by atomic mass is 32.1. The third kappa shape index (κ3) is 3.97. The first-order valence-corrected chi connectivity index (χ1v) is 9.95. The van der Waals surface area contributed by atoms with Gasteiger partial charge in [-0.25, -0.2) is 9.97 Å². The van der Waals surface area contributed by atoms with E-state index in [1.54, 1.807) is 6.20 Å². The number of oxazole rings is 1. The van der Waals surface area contributed by atoms with Crippen LogP contribution in [0, 0.1) is 13.8 Å². The Morgan fingerprint density at radius 1 is 1.21 bits per heavy atom. The van der Waals surface area contributed by atoms with Crippen LogP contribution in [-0.4, -0.2) is 20.5 Å². The lowest BCUT2D eigenvalue weighted by atomic mass is 10.2. The zero-order chi connectivity index (χ0) is 20.4. The molecule has 1 aromatic carbocycles. The number of aryl methyl sites for hydroxylation is 3. The van der Waals surface area contributed by atoms with E-state index in [9.17, 15) is 9.59 Å². The van der Waals surface area contributed by atoms with Crippen molar-refractivity contribution in [3.05, 3.63) is 69.5 Å². The molecule has 0 atom stereocenters. The normalized spacial score (nSPS) is 11.1. The van der Waals surface area contributed by atoms with Gasteiger partial charge in [0.15, 0.2) is 12.4 Å². The number of benzene rings is 1. The van der Waals surface area contributed by atoms with E-state index in [-0.39, 0.29) is 25.1 Å². The molecule has 4 rings (SSSR count). The first-order chi connectivity index (χ1) is 14.0. The fraction of sp³-hybridized carbons (Fsp3) is 0.238. The van der Waals surface area contributed by atoms with Gasteiger partial charge in [0.2, 0.25) is 5.89 Å². The molecule has 3 heterocycles. The second kappa shape index (κ2) is 8.00. The maximum atomic E-state index is 12.6. The van der Waals surface area contributed by atoms with Crippen LogP contribution < -0.4 is 5.56 Å². The molecule has 29 heavy (non-hydrogen) atoms. The van der Waals surface area contributed by atoms with Crippen LogP contribution in [0.5, 0.6) is 0 Å². The third-order valence-corrected chi connectivity index (χ3v) is 5.80. The summed E-state index contributed by atoms with van der Waals surface area (Å²) in [6, 6.07) is 9.56. The van der Waals surface area contributed by atoms with Crippen molar-refractivity contribution in [3.8, 4) is 11.3 Å². The summed E-state index contributed by atoms with van der Waals surface area (Å²) in [6.07, 6.45) is 3.14. The molecule has 148 valence electrons. The minimum Gasteiger partial charge on any atom is -0.456 e. The molecular formula is C21H19N3O4S. The lowest BCUT2D eigenvalue weighted by Gasteiger charge is -2.05. The number of ether oxygens (including phenoxy) is 1. The summed E-state index contributed by atoms with van der Waals surface area (Å²) < 4.78 is 12.3. The standard InChI is InChI=1S/C21H19N3O4S/c1-13-14(2)29-20-19(13)21(26)24(12-23-20)9-8-18(25)27-11-17-22-10-16(28-17)15-6-4-3-5-7-15/h3-7,10,12H,8-9,11H2,1-2H3. The van der Waals surface area contributed by atoms with Crippen molar-refractivity contribution in [2.24, 2.45) is 0 Å². The van der Waals surface area contributed by atoms with Crippen LogP contribution in [-0.2, 0) is 22.7 Å². The summed E-state index contributed by atoms with van der Waals surface area (Å²) in [4.78, 5) is 35.0. The molecule has 0 bridgehead atoms. The molecule has 3 aromatic heterocycles. The molecule has 0 unspecified atom stereocenters. The van der Waals surface area contributed by atoms with Crippen molar-refractivity contribution in [3.63, 3.8) is 0 Å². The topological polar surface area (TPSA) is 87.2 Å². The van der Waals surface area contributed by atoms with E-state index in [0.717, 1.165) is 20.8 Å². The van der Waals surface area contributed by atoms with Crippen molar-refractivity contribution in [1.29, 1.82) is 0 Å². The predicted molar refractivity (Wildman–Crippen MR) is 110 cm³/mol. The van der Waals surface area contributed by atoms with Crippen molar-refractivity contribution < 1.29 is 13.9 Å². The van der Waals surface area contributed by atoms with E-state index in [1.807, 2.05) is 44.2 Å². The number of carbonyl (C=O) groups excluding carboxylic acids is 1. The molecule has 0 N–H and O–H groups in total. The zero-order valence-corrected chi connectivity index (χ0v) is 16.9. The Morgan fingerprint density at radius 3 is 2.79 bits per heavy atom. The fourth-order valence-corrected chi connectivity index (χ4v) is 3.96. The van der Waals surface area contributed by atoms with E-state index >= 15 is 0 Å². The Bertz CT molecular complexity index is 1220. The molecule has 0 spiro atoms. The van der Waals surface area contributed by atoms with E-state index in [2.05, 4.69) is 9.97 Å². The van der Waals surface area contributed by atoms with Crippen LogP contribution in [0.2, 0.25) is 0 Å². The Hall–Kier alpha value is -3.26. The number of aromatic nitrogens is 3. The fourth-order valence-electron chi connectivity index (χ4n) is 2.97. The SMILES string of the molecule is Cc1sc2ncn(CCC(=O)OCc3ncc(-c4ccccc4)o3)c(=O)c2c1C. The van der Waals surface area contributed by atoms with Crippen LogP contribution in [0.25, 0.3) is 21.5 Å². The number of hydrogen-bond acceptors (Lipinski definition) is 7. The highest BCUT2D eigenvalue weighted by Gasteiger charge is 2.14. The maximum absolute atomic E-state index is 12.6. The second-order valence-electron chi connectivity index (χ2n) is 6.60. The lowest BCUT2D eigenvalue weighted by molar-refractivity contribution is -0.145. The number of hydrogen-bond donors (Lipinski definition) is 0. The average molecular weight is 409 g/mol. The largest absolute Gasteiger partial charge is 0.456 e. The van der Waals surface area contributed by atoms with Gasteiger partial charge in [0, 0.05) is 17.0 Å². The highest BCUT2D eigenvalue weighted by Crippen LogP contribution is 2.25. The van der Waals surface area contributed by atoms with Gasteiger partial charge >= 0.3 is 5.97 Å². The smallest absolute Gasteiger partial charge is 0.308 e. The first-order valence-electron chi connectivity index (χ1n) is 9.14. The van der Waals surface area contributed by atoms with E-state index in [1.165, 1.54) is 22.2 Å². The van der Waals surface area contributed by atoms with Crippen LogP contribution in [0.1, 0.15) is 22.8 Å².